The van der Waals surface area contributed by atoms with Crippen molar-refractivity contribution < 1.29 is 13.2 Å². The summed E-state index contributed by atoms with van der Waals surface area (Å²) in [5, 5.41) is 3.27. The van der Waals surface area contributed by atoms with E-state index < -0.39 is 10.0 Å². The molecule has 0 radical (unpaired) electrons. The predicted octanol–water partition coefficient (Wildman–Crippen LogP) is 3.69. The van der Waals surface area contributed by atoms with Crippen LogP contribution < -0.4 is 5.32 Å². The van der Waals surface area contributed by atoms with Gasteiger partial charge in [-0.05, 0) is 55.7 Å². The fourth-order valence-corrected chi connectivity index (χ4v) is 4.58. The van der Waals surface area contributed by atoms with Gasteiger partial charge in [-0.15, -0.1) is 0 Å². The maximum Gasteiger partial charge on any atom is 0.255 e. The second kappa shape index (κ2) is 7.15. The Morgan fingerprint density at radius 2 is 1.84 bits per heavy atom. The first-order valence-electron chi connectivity index (χ1n) is 8.05. The molecule has 1 N–H and O–H groups in total. The summed E-state index contributed by atoms with van der Waals surface area (Å²) < 4.78 is 26.9. The van der Waals surface area contributed by atoms with Crippen LogP contribution in [0.15, 0.2) is 47.4 Å². The van der Waals surface area contributed by atoms with Gasteiger partial charge in [-0.3, -0.25) is 4.79 Å². The van der Waals surface area contributed by atoms with Gasteiger partial charge < -0.3 is 5.32 Å². The van der Waals surface area contributed by atoms with Crippen molar-refractivity contribution in [3.63, 3.8) is 0 Å². The molecule has 5 nitrogen and oxygen atoms in total. The molecule has 1 aliphatic heterocycles. The largest absolute Gasteiger partial charge is 0.322 e. The number of halogens is 1. The number of anilines is 1. The lowest BCUT2D eigenvalue weighted by molar-refractivity contribution is 0.102. The Hall–Kier alpha value is -1.89. The van der Waals surface area contributed by atoms with Crippen LogP contribution in [-0.4, -0.2) is 31.7 Å². The normalized spacial score (nSPS) is 15.3. The Bertz CT molecular complexity index is 906. The summed E-state index contributed by atoms with van der Waals surface area (Å²) in [7, 11) is -3.56. The minimum absolute atomic E-state index is 0.149. The van der Waals surface area contributed by atoms with Crippen LogP contribution in [0.1, 0.15) is 28.8 Å². The van der Waals surface area contributed by atoms with Gasteiger partial charge in [-0.2, -0.15) is 4.31 Å². The predicted molar refractivity (Wildman–Crippen MR) is 98.6 cm³/mol. The zero-order valence-corrected chi connectivity index (χ0v) is 15.4. The molecule has 1 amide bonds. The molecule has 0 unspecified atom stereocenters. The molecular formula is C18H19ClN2O3S. The van der Waals surface area contributed by atoms with Gasteiger partial charge in [-0.1, -0.05) is 23.7 Å². The van der Waals surface area contributed by atoms with Crippen LogP contribution in [-0.2, 0) is 10.0 Å². The maximum atomic E-state index is 12.7. The smallest absolute Gasteiger partial charge is 0.255 e. The molecule has 1 aliphatic rings. The van der Waals surface area contributed by atoms with Crippen molar-refractivity contribution >= 4 is 33.2 Å². The molecule has 7 heteroatoms. The van der Waals surface area contributed by atoms with Gasteiger partial charge in [0.15, 0.2) is 0 Å². The Labute approximate surface area is 152 Å². The molecule has 2 aromatic rings. The summed E-state index contributed by atoms with van der Waals surface area (Å²) in [5.74, 6) is -0.363. The lowest BCUT2D eigenvalue weighted by atomic mass is 10.1. The first kappa shape index (κ1) is 17.9. The number of hydrogen-bond acceptors (Lipinski definition) is 3. The SMILES string of the molecule is Cc1ccc(S(=O)(=O)N2CCCC2)cc1C(=O)Nc1cccc(Cl)c1. The summed E-state index contributed by atoms with van der Waals surface area (Å²) in [5.41, 5.74) is 1.60. The topological polar surface area (TPSA) is 66.5 Å². The van der Waals surface area contributed by atoms with Gasteiger partial charge in [0.2, 0.25) is 10.0 Å². The van der Waals surface area contributed by atoms with E-state index in [2.05, 4.69) is 5.32 Å². The quantitative estimate of drug-likeness (QED) is 0.882. The monoisotopic (exact) mass is 378 g/mol. The fraction of sp³-hybridized carbons (Fsp3) is 0.278. The summed E-state index contributed by atoms with van der Waals surface area (Å²) >= 11 is 5.93. The number of amides is 1. The van der Waals surface area contributed by atoms with Gasteiger partial charge in [0.05, 0.1) is 4.90 Å². The van der Waals surface area contributed by atoms with Gasteiger partial charge in [0.1, 0.15) is 0 Å². The average molecular weight is 379 g/mol. The number of hydrogen-bond donors (Lipinski definition) is 1. The molecule has 0 spiro atoms. The summed E-state index contributed by atoms with van der Waals surface area (Å²) in [6.07, 6.45) is 1.74. The van der Waals surface area contributed by atoms with Crippen LogP contribution in [0.2, 0.25) is 5.02 Å². The molecule has 1 fully saturated rings. The van der Waals surface area contributed by atoms with Crippen LogP contribution >= 0.6 is 11.6 Å². The highest BCUT2D eigenvalue weighted by molar-refractivity contribution is 7.89. The third kappa shape index (κ3) is 3.86. The zero-order chi connectivity index (χ0) is 18.0. The number of carbonyl (C=O) groups is 1. The first-order chi connectivity index (χ1) is 11.9. The number of sulfonamides is 1. The highest BCUT2D eigenvalue weighted by Crippen LogP contribution is 2.24. The third-order valence-corrected chi connectivity index (χ3v) is 6.37. The van der Waals surface area contributed by atoms with Crippen molar-refractivity contribution in [2.24, 2.45) is 0 Å². The van der Waals surface area contributed by atoms with Crippen molar-refractivity contribution in [1.29, 1.82) is 0 Å². The number of benzene rings is 2. The molecule has 3 rings (SSSR count). The Balaban J connectivity index is 1.90. The second-order valence-corrected chi connectivity index (χ2v) is 8.43. The van der Waals surface area contributed by atoms with Crippen molar-refractivity contribution in [2.45, 2.75) is 24.7 Å². The van der Waals surface area contributed by atoms with Gasteiger partial charge in [0, 0.05) is 29.4 Å². The summed E-state index contributed by atoms with van der Waals surface area (Å²) in [6.45, 7) is 2.83. The van der Waals surface area contributed by atoms with E-state index in [1.54, 1.807) is 43.3 Å². The van der Waals surface area contributed by atoms with Crippen LogP contribution in [0.25, 0.3) is 0 Å². The van der Waals surface area contributed by atoms with Crippen molar-refractivity contribution in [1.82, 2.24) is 4.31 Å². The first-order valence-corrected chi connectivity index (χ1v) is 9.87. The number of carbonyl (C=O) groups excluding carboxylic acids is 1. The van der Waals surface area contributed by atoms with E-state index in [4.69, 9.17) is 11.6 Å². The molecular weight excluding hydrogens is 360 g/mol. The molecule has 1 heterocycles. The van der Waals surface area contributed by atoms with Crippen molar-refractivity contribution in [3.8, 4) is 0 Å². The minimum Gasteiger partial charge on any atom is -0.322 e. The van der Waals surface area contributed by atoms with Crippen LogP contribution in [0.3, 0.4) is 0 Å². The van der Waals surface area contributed by atoms with Crippen LogP contribution in [0.5, 0.6) is 0 Å². The Morgan fingerprint density at radius 1 is 1.12 bits per heavy atom. The standard InChI is InChI=1S/C18H19ClN2O3S/c1-13-7-8-16(25(23,24)21-9-2-3-10-21)12-17(13)18(22)20-15-6-4-5-14(19)11-15/h4-8,11-12H,2-3,9-10H2,1H3,(H,20,22). The number of aryl methyl sites for hydroxylation is 1. The van der Waals surface area contributed by atoms with Gasteiger partial charge in [0.25, 0.3) is 5.91 Å². The molecule has 0 aliphatic carbocycles. The van der Waals surface area contributed by atoms with Gasteiger partial charge >= 0.3 is 0 Å². The molecule has 0 aromatic heterocycles. The molecule has 1 saturated heterocycles. The molecule has 25 heavy (non-hydrogen) atoms. The van der Waals surface area contributed by atoms with E-state index in [1.165, 1.54) is 10.4 Å². The van der Waals surface area contributed by atoms with Crippen LogP contribution in [0, 0.1) is 6.92 Å². The zero-order valence-electron chi connectivity index (χ0n) is 13.8. The van der Waals surface area contributed by atoms with E-state index in [-0.39, 0.29) is 10.8 Å². The lowest BCUT2D eigenvalue weighted by Crippen LogP contribution is -2.28. The highest BCUT2D eigenvalue weighted by Gasteiger charge is 2.28. The maximum absolute atomic E-state index is 12.7. The second-order valence-electron chi connectivity index (χ2n) is 6.05. The molecule has 0 atom stereocenters. The van der Waals surface area contributed by atoms with E-state index in [0.717, 1.165) is 12.8 Å². The van der Waals surface area contributed by atoms with E-state index >= 15 is 0 Å². The van der Waals surface area contributed by atoms with E-state index in [9.17, 15) is 13.2 Å². The Kier molecular flexibility index (Phi) is 5.13. The minimum atomic E-state index is -3.56. The summed E-state index contributed by atoms with van der Waals surface area (Å²) in [6, 6.07) is 11.5. The summed E-state index contributed by atoms with van der Waals surface area (Å²) in [4.78, 5) is 12.7. The number of nitrogens with zero attached hydrogens (tertiary/aromatic N) is 1. The fourth-order valence-electron chi connectivity index (χ4n) is 2.85. The molecule has 132 valence electrons. The van der Waals surface area contributed by atoms with Crippen molar-refractivity contribution in [3.05, 3.63) is 58.6 Å². The van der Waals surface area contributed by atoms with Crippen molar-refractivity contribution in [2.75, 3.05) is 18.4 Å². The molecule has 0 bridgehead atoms. The van der Waals surface area contributed by atoms with Crippen LogP contribution in [0.4, 0.5) is 5.69 Å². The Morgan fingerprint density at radius 3 is 2.52 bits per heavy atom. The lowest BCUT2D eigenvalue weighted by Gasteiger charge is -2.17. The van der Waals surface area contributed by atoms with E-state index in [1.807, 2.05) is 0 Å². The number of rotatable bonds is 4. The third-order valence-electron chi connectivity index (χ3n) is 4.24. The average Bonchev–Trinajstić information content (AvgIpc) is 3.10. The van der Waals surface area contributed by atoms with E-state index in [0.29, 0.717) is 34.9 Å². The molecule has 0 saturated carbocycles. The van der Waals surface area contributed by atoms with Gasteiger partial charge in [-0.25, -0.2) is 8.42 Å². The highest BCUT2D eigenvalue weighted by atomic mass is 35.5. The number of nitrogens with one attached hydrogen (secondary N) is 1. The molecule has 2 aromatic carbocycles.